The third-order valence-electron chi connectivity index (χ3n) is 3.86. The first kappa shape index (κ1) is 13.8. The van der Waals surface area contributed by atoms with Crippen LogP contribution >= 0.6 is 0 Å². The van der Waals surface area contributed by atoms with E-state index in [9.17, 15) is 4.79 Å². The molecule has 0 aliphatic carbocycles. The minimum atomic E-state index is 0.194. The summed E-state index contributed by atoms with van der Waals surface area (Å²) < 4.78 is 0. The average molecular weight is 258 g/mol. The van der Waals surface area contributed by atoms with E-state index in [1.807, 2.05) is 30.5 Å². The number of hydrogen-bond acceptors (Lipinski definition) is 2. The van der Waals surface area contributed by atoms with Crippen molar-refractivity contribution >= 4 is 16.7 Å². The van der Waals surface area contributed by atoms with Crippen LogP contribution in [0.5, 0.6) is 0 Å². The van der Waals surface area contributed by atoms with Crippen molar-refractivity contribution in [2.75, 3.05) is 13.1 Å². The Morgan fingerprint density at radius 1 is 1.32 bits per heavy atom. The predicted molar refractivity (Wildman–Crippen MR) is 79.6 cm³/mol. The largest absolute Gasteiger partial charge is 0.360 e. The summed E-state index contributed by atoms with van der Waals surface area (Å²) in [5.74, 6) is 0.194. The number of nitrogens with zero attached hydrogens (tertiary/aromatic N) is 1. The van der Waals surface area contributed by atoms with E-state index in [4.69, 9.17) is 0 Å². The number of H-pyrrole nitrogens is 1. The van der Waals surface area contributed by atoms with Crippen molar-refractivity contribution in [3.8, 4) is 0 Å². The van der Waals surface area contributed by atoms with Crippen molar-refractivity contribution in [1.82, 2.24) is 9.88 Å². The number of ketones is 1. The van der Waals surface area contributed by atoms with Gasteiger partial charge in [0.1, 0.15) is 0 Å². The summed E-state index contributed by atoms with van der Waals surface area (Å²) in [5.41, 5.74) is 1.83. The first-order valence-corrected chi connectivity index (χ1v) is 7.00. The SMILES string of the molecule is CCC(C)N(CC)CC(=O)c1c[nH]c2ccccc12. The lowest BCUT2D eigenvalue weighted by atomic mass is 10.1. The Bertz CT molecular complexity index is 559. The third-order valence-corrected chi connectivity index (χ3v) is 3.86. The molecule has 3 nitrogen and oxygen atoms in total. The minimum absolute atomic E-state index is 0.194. The molecule has 1 heterocycles. The highest BCUT2D eigenvalue weighted by Gasteiger charge is 2.17. The highest BCUT2D eigenvalue weighted by atomic mass is 16.1. The highest BCUT2D eigenvalue weighted by molar-refractivity contribution is 6.08. The van der Waals surface area contributed by atoms with E-state index in [-0.39, 0.29) is 5.78 Å². The van der Waals surface area contributed by atoms with E-state index in [0.717, 1.165) is 29.4 Å². The number of hydrogen-bond donors (Lipinski definition) is 1. The normalized spacial score (nSPS) is 13.1. The van der Waals surface area contributed by atoms with E-state index in [1.165, 1.54) is 0 Å². The molecule has 1 aromatic carbocycles. The molecule has 0 bridgehead atoms. The minimum Gasteiger partial charge on any atom is -0.360 e. The van der Waals surface area contributed by atoms with Crippen molar-refractivity contribution in [2.45, 2.75) is 33.2 Å². The molecule has 0 fully saturated rings. The molecule has 0 spiro atoms. The van der Waals surface area contributed by atoms with Gasteiger partial charge in [0, 0.05) is 28.7 Å². The summed E-state index contributed by atoms with van der Waals surface area (Å²) in [6.07, 6.45) is 2.90. The summed E-state index contributed by atoms with van der Waals surface area (Å²) in [4.78, 5) is 17.8. The van der Waals surface area contributed by atoms with Crippen LogP contribution in [0.4, 0.5) is 0 Å². The number of Topliss-reactive ketones (excluding diaryl/α,β-unsaturated/α-hetero) is 1. The van der Waals surface area contributed by atoms with E-state index >= 15 is 0 Å². The van der Waals surface area contributed by atoms with E-state index in [2.05, 4.69) is 30.7 Å². The van der Waals surface area contributed by atoms with Gasteiger partial charge in [0.25, 0.3) is 0 Å². The fraction of sp³-hybridized carbons (Fsp3) is 0.438. The smallest absolute Gasteiger partial charge is 0.178 e. The molecule has 1 aromatic heterocycles. The van der Waals surface area contributed by atoms with Crippen LogP contribution < -0.4 is 0 Å². The van der Waals surface area contributed by atoms with Gasteiger partial charge in [-0.3, -0.25) is 9.69 Å². The summed E-state index contributed by atoms with van der Waals surface area (Å²) in [5, 5.41) is 1.02. The van der Waals surface area contributed by atoms with Gasteiger partial charge in [0.2, 0.25) is 0 Å². The number of nitrogens with one attached hydrogen (secondary N) is 1. The standard InChI is InChI=1S/C16H22N2O/c1-4-12(3)18(5-2)11-16(19)14-10-17-15-9-7-6-8-13(14)15/h6-10,12,17H,4-5,11H2,1-3H3. The molecule has 0 aliphatic rings. The van der Waals surface area contributed by atoms with E-state index in [0.29, 0.717) is 12.6 Å². The zero-order chi connectivity index (χ0) is 13.8. The maximum absolute atomic E-state index is 12.4. The van der Waals surface area contributed by atoms with Crippen LogP contribution in [0.25, 0.3) is 10.9 Å². The molecule has 3 heteroatoms. The molecule has 1 N–H and O–H groups in total. The van der Waals surface area contributed by atoms with Crippen LogP contribution in [0.2, 0.25) is 0 Å². The zero-order valence-electron chi connectivity index (χ0n) is 11.9. The van der Waals surface area contributed by atoms with Gasteiger partial charge in [0.15, 0.2) is 5.78 Å². The topological polar surface area (TPSA) is 36.1 Å². The van der Waals surface area contributed by atoms with Crippen LogP contribution in [0.1, 0.15) is 37.6 Å². The zero-order valence-corrected chi connectivity index (χ0v) is 11.9. The lowest BCUT2D eigenvalue weighted by Gasteiger charge is -2.25. The van der Waals surface area contributed by atoms with Gasteiger partial charge in [-0.1, -0.05) is 32.0 Å². The first-order valence-electron chi connectivity index (χ1n) is 7.00. The predicted octanol–water partition coefficient (Wildman–Crippen LogP) is 3.47. The average Bonchev–Trinajstić information content (AvgIpc) is 2.87. The van der Waals surface area contributed by atoms with Gasteiger partial charge in [-0.15, -0.1) is 0 Å². The summed E-state index contributed by atoms with van der Waals surface area (Å²) in [6, 6.07) is 8.39. The number of carbonyl (C=O) groups excluding carboxylic acids is 1. The number of fused-ring (bicyclic) bond motifs is 1. The van der Waals surface area contributed by atoms with Crippen LogP contribution in [-0.4, -0.2) is 34.8 Å². The van der Waals surface area contributed by atoms with Gasteiger partial charge in [-0.2, -0.15) is 0 Å². The van der Waals surface area contributed by atoms with Gasteiger partial charge in [0.05, 0.1) is 6.54 Å². The molecule has 0 radical (unpaired) electrons. The third kappa shape index (κ3) is 2.87. The van der Waals surface area contributed by atoms with Gasteiger partial charge < -0.3 is 4.98 Å². The Morgan fingerprint density at radius 3 is 2.74 bits per heavy atom. The van der Waals surface area contributed by atoms with Crippen LogP contribution in [0.3, 0.4) is 0 Å². The van der Waals surface area contributed by atoms with E-state index in [1.54, 1.807) is 0 Å². The van der Waals surface area contributed by atoms with Crippen molar-refractivity contribution in [3.63, 3.8) is 0 Å². The van der Waals surface area contributed by atoms with Crippen LogP contribution in [0.15, 0.2) is 30.5 Å². The molecular weight excluding hydrogens is 236 g/mol. The first-order chi connectivity index (χ1) is 9.17. The number of benzene rings is 1. The van der Waals surface area contributed by atoms with Gasteiger partial charge >= 0.3 is 0 Å². The molecule has 2 aromatic rings. The molecule has 0 amide bonds. The van der Waals surface area contributed by atoms with Crippen molar-refractivity contribution < 1.29 is 4.79 Å². The summed E-state index contributed by atoms with van der Waals surface area (Å²) in [6.45, 7) is 7.83. The van der Waals surface area contributed by atoms with Crippen molar-refractivity contribution in [1.29, 1.82) is 0 Å². The number of rotatable bonds is 6. The molecule has 1 atom stereocenters. The molecule has 2 rings (SSSR count). The number of para-hydroxylation sites is 1. The second-order valence-electron chi connectivity index (χ2n) is 4.99. The highest BCUT2D eigenvalue weighted by Crippen LogP contribution is 2.18. The number of carbonyl (C=O) groups is 1. The van der Waals surface area contributed by atoms with E-state index < -0.39 is 0 Å². The number of aromatic nitrogens is 1. The maximum Gasteiger partial charge on any atom is 0.178 e. The van der Waals surface area contributed by atoms with Gasteiger partial charge in [-0.05, 0) is 26.0 Å². The Kier molecular flexibility index (Phi) is 4.38. The Hall–Kier alpha value is -1.61. The van der Waals surface area contributed by atoms with Crippen molar-refractivity contribution in [3.05, 3.63) is 36.0 Å². The Labute approximate surface area is 114 Å². The molecule has 0 saturated heterocycles. The second kappa shape index (κ2) is 6.02. The number of aromatic amines is 1. The molecule has 1 unspecified atom stereocenters. The molecule has 102 valence electrons. The maximum atomic E-state index is 12.4. The quantitative estimate of drug-likeness (QED) is 0.805. The van der Waals surface area contributed by atoms with Gasteiger partial charge in [-0.25, -0.2) is 0 Å². The molecule has 0 saturated carbocycles. The molecule has 0 aliphatic heterocycles. The Morgan fingerprint density at radius 2 is 2.05 bits per heavy atom. The number of likely N-dealkylation sites (N-methyl/N-ethyl adjacent to an activating group) is 1. The van der Waals surface area contributed by atoms with Crippen molar-refractivity contribution in [2.24, 2.45) is 0 Å². The fourth-order valence-electron chi connectivity index (χ4n) is 2.41. The van der Waals surface area contributed by atoms with Crippen LogP contribution in [0, 0.1) is 0 Å². The lowest BCUT2D eigenvalue weighted by Crippen LogP contribution is -2.36. The summed E-state index contributed by atoms with van der Waals surface area (Å²) >= 11 is 0. The second-order valence-corrected chi connectivity index (χ2v) is 4.99. The fourth-order valence-corrected chi connectivity index (χ4v) is 2.41. The summed E-state index contributed by atoms with van der Waals surface area (Å²) in [7, 11) is 0. The molecular formula is C16H22N2O. The monoisotopic (exact) mass is 258 g/mol. The Balaban J connectivity index is 2.20. The molecule has 19 heavy (non-hydrogen) atoms. The lowest BCUT2D eigenvalue weighted by molar-refractivity contribution is 0.0904. The van der Waals surface area contributed by atoms with Crippen LogP contribution in [-0.2, 0) is 0 Å².